The van der Waals surface area contributed by atoms with E-state index in [0.717, 1.165) is 44.7 Å². The topological polar surface area (TPSA) is 49.8 Å². The number of aliphatic hydroxyl groups excluding tert-OH is 1. The van der Waals surface area contributed by atoms with Crippen LogP contribution in [-0.2, 0) is 9.53 Å². The van der Waals surface area contributed by atoms with Gasteiger partial charge in [0.2, 0.25) is 0 Å². The first kappa shape index (κ1) is 14.9. The van der Waals surface area contributed by atoms with Crippen molar-refractivity contribution >= 4 is 6.29 Å². The maximum Gasteiger partial charge on any atom is 0.127 e. The molecule has 2 atom stereocenters. The number of aldehydes is 1. The number of hydrogen-bond donors (Lipinski definition) is 1. The van der Waals surface area contributed by atoms with E-state index in [2.05, 4.69) is 18.7 Å². The zero-order chi connectivity index (χ0) is 13.9. The van der Waals surface area contributed by atoms with Gasteiger partial charge in [0.05, 0.1) is 19.3 Å². The Balaban J connectivity index is 1.98. The second kappa shape index (κ2) is 6.33. The summed E-state index contributed by atoms with van der Waals surface area (Å²) in [4.78, 5) is 13.9. The van der Waals surface area contributed by atoms with Gasteiger partial charge in [0.25, 0.3) is 0 Å². The third-order valence-corrected chi connectivity index (χ3v) is 4.88. The minimum atomic E-state index is -0.169. The van der Waals surface area contributed by atoms with E-state index in [4.69, 9.17) is 4.74 Å². The molecule has 2 rings (SSSR count). The highest BCUT2D eigenvalue weighted by Crippen LogP contribution is 2.38. The molecule has 0 amide bonds. The van der Waals surface area contributed by atoms with Crippen LogP contribution in [0.1, 0.15) is 39.5 Å². The summed E-state index contributed by atoms with van der Waals surface area (Å²) in [5.41, 5.74) is -0.169. The zero-order valence-electron chi connectivity index (χ0n) is 12.2. The molecule has 0 radical (unpaired) electrons. The molecule has 4 heteroatoms. The van der Waals surface area contributed by atoms with Crippen LogP contribution >= 0.6 is 0 Å². The third kappa shape index (κ3) is 3.56. The Morgan fingerprint density at radius 3 is 2.63 bits per heavy atom. The number of rotatable bonds is 4. The van der Waals surface area contributed by atoms with Crippen molar-refractivity contribution in [3.63, 3.8) is 0 Å². The number of carbonyl (C=O) groups is 1. The first-order valence-electron chi connectivity index (χ1n) is 7.51. The van der Waals surface area contributed by atoms with E-state index in [0.29, 0.717) is 12.6 Å². The number of nitrogens with zero attached hydrogens (tertiary/aromatic N) is 1. The number of ether oxygens (including phenoxy) is 1. The minimum absolute atomic E-state index is 0.0638. The highest BCUT2D eigenvalue weighted by Gasteiger charge is 2.38. The fourth-order valence-electron chi connectivity index (χ4n) is 3.26. The van der Waals surface area contributed by atoms with Crippen LogP contribution in [-0.4, -0.2) is 54.7 Å². The predicted octanol–water partition coefficient (Wildman–Crippen LogP) is 1.46. The van der Waals surface area contributed by atoms with Gasteiger partial charge in [0, 0.05) is 24.5 Å². The van der Waals surface area contributed by atoms with E-state index in [1.165, 1.54) is 6.29 Å². The van der Waals surface area contributed by atoms with E-state index in [1.807, 2.05) is 0 Å². The van der Waals surface area contributed by atoms with Gasteiger partial charge in [0.15, 0.2) is 0 Å². The van der Waals surface area contributed by atoms with Crippen molar-refractivity contribution in [2.45, 2.75) is 51.7 Å². The number of aliphatic hydroxyl groups is 1. The quantitative estimate of drug-likeness (QED) is 0.785. The van der Waals surface area contributed by atoms with E-state index >= 15 is 0 Å². The molecule has 2 fully saturated rings. The Morgan fingerprint density at radius 2 is 2.05 bits per heavy atom. The molecule has 0 aromatic heterocycles. The van der Waals surface area contributed by atoms with Crippen LogP contribution in [0.4, 0.5) is 0 Å². The maximum absolute atomic E-state index is 11.6. The van der Waals surface area contributed by atoms with Crippen LogP contribution in [0.2, 0.25) is 0 Å². The van der Waals surface area contributed by atoms with Gasteiger partial charge in [-0.15, -0.1) is 0 Å². The normalized spacial score (nSPS) is 41.1. The largest absolute Gasteiger partial charge is 0.394 e. The Hall–Kier alpha value is -0.450. The average molecular weight is 269 g/mol. The SMILES string of the molecule is CC1CCC(C=O)(CN2CC(CO)OCC2C)CC1. The van der Waals surface area contributed by atoms with Crippen molar-refractivity contribution in [2.75, 3.05) is 26.3 Å². The van der Waals surface area contributed by atoms with Gasteiger partial charge in [0.1, 0.15) is 6.29 Å². The molecule has 1 aliphatic carbocycles. The monoisotopic (exact) mass is 269 g/mol. The maximum atomic E-state index is 11.6. The molecular formula is C15H27NO3. The van der Waals surface area contributed by atoms with E-state index in [-0.39, 0.29) is 18.1 Å². The summed E-state index contributed by atoms with van der Waals surface area (Å²) < 4.78 is 5.56. The van der Waals surface area contributed by atoms with Gasteiger partial charge < -0.3 is 14.6 Å². The lowest BCUT2D eigenvalue weighted by Gasteiger charge is -2.44. The van der Waals surface area contributed by atoms with Crippen molar-refractivity contribution in [1.82, 2.24) is 4.90 Å². The number of hydrogen-bond acceptors (Lipinski definition) is 4. The molecule has 4 nitrogen and oxygen atoms in total. The molecule has 1 saturated carbocycles. The molecule has 0 aromatic carbocycles. The highest BCUT2D eigenvalue weighted by atomic mass is 16.5. The van der Waals surface area contributed by atoms with Gasteiger partial charge >= 0.3 is 0 Å². The van der Waals surface area contributed by atoms with Crippen LogP contribution in [0.15, 0.2) is 0 Å². The van der Waals surface area contributed by atoms with Gasteiger partial charge in [-0.1, -0.05) is 6.92 Å². The van der Waals surface area contributed by atoms with Gasteiger partial charge in [-0.25, -0.2) is 0 Å². The van der Waals surface area contributed by atoms with E-state index in [9.17, 15) is 9.90 Å². The van der Waals surface area contributed by atoms with Crippen molar-refractivity contribution in [1.29, 1.82) is 0 Å². The highest BCUT2D eigenvalue weighted by molar-refractivity contribution is 5.60. The number of carbonyl (C=O) groups excluding carboxylic acids is 1. The van der Waals surface area contributed by atoms with Crippen molar-refractivity contribution in [3.8, 4) is 0 Å². The Morgan fingerprint density at radius 1 is 1.37 bits per heavy atom. The fourth-order valence-corrected chi connectivity index (χ4v) is 3.26. The molecule has 0 bridgehead atoms. The molecule has 1 aliphatic heterocycles. The predicted molar refractivity (Wildman–Crippen MR) is 74.0 cm³/mol. The summed E-state index contributed by atoms with van der Waals surface area (Å²) in [6.07, 6.45) is 5.41. The molecule has 2 unspecified atom stereocenters. The molecule has 0 spiro atoms. The van der Waals surface area contributed by atoms with E-state index < -0.39 is 0 Å². The Bertz CT molecular complexity index is 300. The minimum Gasteiger partial charge on any atom is -0.394 e. The molecule has 0 aromatic rings. The van der Waals surface area contributed by atoms with Crippen LogP contribution in [0.3, 0.4) is 0 Å². The van der Waals surface area contributed by atoms with Crippen LogP contribution in [0.5, 0.6) is 0 Å². The fraction of sp³-hybridized carbons (Fsp3) is 0.933. The molecule has 1 N–H and O–H groups in total. The molecular weight excluding hydrogens is 242 g/mol. The number of morpholine rings is 1. The molecule has 1 heterocycles. The summed E-state index contributed by atoms with van der Waals surface area (Å²) in [5, 5.41) is 9.24. The summed E-state index contributed by atoms with van der Waals surface area (Å²) in [7, 11) is 0. The summed E-state index contributed by atoms with van der Waals surface area (Å²) in [6.45, 7) is 6.68. The standard InChI is InChI=1S/C15H27NO3/c1-12-3-5-15(11-18,6-4-12)10-16-7-14(8-17)19-9-13(16)2/h11-14,17H,3-10H2,1-2H3. The zero-order valence-corrected chi connectivity index (χ0v) is 12.2. The van der Waals surface area contributed by atoms with Gasteiger partial charge in [-0.3, -0.25) is 4.90 Å². The van der Waals surface area contributed by atoms with Crippen LogP contribution < -0.4 is 0 Å². The lowest BCUT2D eigenvalue weighted by atomic mass is 9.71. The second-order valence-corrected chi connectivity index (χ2v) is 6.58. The smallest absolute Gasteiger partial charge is 0.127 e. The van der Waals surface area contributed by atoms with Crippen molar-refractivity contribution in [3.05, 3.63) is 0 Å². The lowest BCUT2D eigenvalue weighted by Crippen LogP contribution is -2.53. The summed E-state index contributed by atoms with van der Waals surface area (Å²) in [5.74, 6) is 0.750. The van der Waals surface area contributed by atoms with E-state index in [1.54, 1.807) is 0 Å². The van der Waals surface area contributed by atoms with Crippen LogP contribution in [0, 0.1) is 11.3 Å². The summed E-state index contributed by atoms with van der Waals surface area (Å²) in [6, 6.07) is 0.332. The molecule has 110 valence electrons. The first-order valence-corrected chi connectivity index (χ1v) is 7.51. The van der Waals surface area contributed by atoms with Crippen molar-refractivity contribution in [2.24, 2.45) is 11.3 Å². The Labute approximate surface area is 116 Å². The first-order chi connectivity index (χ1) is 9.08. The summed E-state index contributed by atoms with van der Waals surface area (Å²) >= 11 is 0. The molecule has 1 saturated heterocycles. The molecule has 2 aliphatic rings. The second-order valence-electron chi connectivity index (χ2n) is 6.58. The third-order valence-electron chi connectivity index (χ3n) is 4.88. The Kier molecular flexibility index (Phi) is 4.98. The van der Waals surface area contributed by atoms with Gasteiger partial charge in [-0.05, 0) is 38.5 Å². The average Bonchev–Trinajstić information content (AvgIpc) is 2.44. The molecule has 19 heavy (non-hydrogen) atoms. The van der Waals surface area contributed by atoms with Crippen LogP contribution in [0.25, 0.3) is 0 Å². The lowest BCUT2D eigenvalue weighted by molar-refractivity contribution is -0.125. The van der Waals surface area contributed by atoms with Crippen molar-refractivity contribution < 1.29 is 14.6 Å². The van der Waals surface area contributed by atoms with Gasteiger partial charge in [-0.2, -0.15) is 0 Å².